The Morgan fingerprint density at radius 1 is 0.840 bits per heavy atom. The molecular weight excluding hydrogens is 310 g/mol. The van der Waals surface area contributed by atoms with E-state index in [1.165, 1.54) is 0 Å². The Kier molecular flexibility index (Phi) is 3.77. The summed E-state index contributed by atoms with van der Waals surface area (Å²) in [6.07, 6.45) is 0. The van der Waals surface area contributed by atoms with Crippen molar-refractivity contribution in [2.75, 3.05) is 0 Å². The Labute approximate surface area is 147 Å². The Balaban J connectivity index is 1.78. The maximum atomic E-state index is 12.9. The van der Waals surface area contributed by atoms with Crippen LogP contribution in [-0.2, 0) is 0 Å². The number of hydrogen-bond acceptors (Lipinski definition) is 2. The molecule has 1 N–H and O–H groups in total. The average Bonchev–Trinajstić information content (AvgIpc) is 2.62. The summed E-state index contributed by atoms with van der Waals surface area (Å²) in [6, 6.07) is 21.3. The Bertz CT molecular complexity index is 962. The Morgan fingerprint density at radius 2 is 1.52 bits per heavy atom. The van der Waals surface area contributed by atoms with Gasteiger partial charge in [-0.05, 0) is 37.1 Å². The fourth-order valence-corrected chi connectivity index (χ4v) is 3.32. The molecule has 124 valence electrons. The van der Waals surface area contributed by atoms with E-state index in [0.29, 0.717) is 5.56 Å². The molecule has 0 fully saturated rings. The maximum absolute atomic E-state index is 12.9. The number of amides is 1. The van der Waals surface area contributed by atoms with Crippen molar-refractivity contribution >= 4 is 5.91 Å². The largest absolute Gasteiger partial charge is 0.456 e. The molecule has 3 aromatic rings. The van der Waals surface area contributed by atoms with Crippen LogP contribution in [0.3, 0.4) is 0 Å². The van der Waals surface area contributed by atoms with Crippen molar-refractivity contribution in [3.63, 3.8) is 0 Å². The standard InChI is InChI=1S/C22H19NO2/c1-14-8-3-4-10-16(14)22(24)23-20-17-11-5-6-13-19(17)25-21-15(2)9-7-12-18(20)21/h3-13,20H,1-2H3,(H,23,24). The fourth-order valence-electron chi connectivity index (χ4n) is 3.32. The van der Waals surface area contributed by atoms with E-state index in [9.17, 15) is 4.79 Å². The highest BCUT2D eigenvalue weighted by molar-refractivity contribution is 5.96. The molecule has 1 unspecified atom stereocenters. The molecule has 0 bridgehead atoms. The summed E-state index contributed by atoms with van der Waals surface area (Å²) in [5.41, 5.74) is 4.68. The first-order valence-corrected chi connectivity index (χ1v) is 8.38. The number of carbonyl (C=O) groups is 1. The van der Waals surface area contributed by atoms with Gasteiger partial charge in [0.1, 0.15) is 11.5 Å². The Hall–Kier alpha value is -3.07. The first-order valence-electron chi connectivity index (χ1n) is 8.38. The van der Waals surface area contributed by atoms with E-state index < -0.39 is 0 Å². The third-order valence-electron chi connectivity index (χ3n) is 4.66. The van der Waals surface area contributed by atoms with Gasteiger partial charge in [-0.15, -0.1) is 0 Å². The molecule has 0 aromatic heterocycles. The van der Waals surface area contributed by atoms with E-state index in [1.807, 2.05) is 80.6 Å². The van der Waals surface area contributed by atoms with Crippen molar-refractivity contribution in [3.05, 3.63) is 94.5 Å². The van der Waals surface area contributed by atoms with Crippen molar-refractivity contribution in [2.24, 2.45) is 0 Å². The summed E-state index contributed by atoms with van der Waals surface area (Å²) in [6.45, 7) is 3.97. The predicted octanol–water partition coefficient (Wildman–Crippen LogP) is 4.93. The molecule has 1 aliphatic rings. The second kappa shape index (κ2) is 6.10. The van der Waals surface area contributed by atoms with Crippen LogP contribution in [0.1, 0.15) is 38.7 Å². The van der Waals surface area contributed by atoms with E-state index in [4.69, 9.17) is 4.74 Å². The number of benzene rings is 3. The number of rotatable bonds is 2. The molecule has 3 aromatic carbocycles. The van der Waals surface area contributed by atoms with Gasteiger partial charge in [-0.2, -0.15) is 0 Å². The molecule has 1 atom stereocenters. The van der Waals surface area contributed by atoms with Gasteiger partial charge in [0.05, 0.1) is 6.04 Å². The van der Waals surface area contributed by atoms with Gasteiger partial charge in [-0.3, -0.25) is 4.79 Å². The van der Waals surface area contributed by atoms with E-state index in [0.717, 1.165) is 33.8 Å². The molecule has 3 heteroatoms. The zero-order chi connectivity index (χ0) is 17.4. The van der Waals surface area contributed by atoms with Crippen molar-refractivity contribution in [1.82, 2.24) is 5.32 Å². The van der Waals surface area contributed by atoms with Crippen LogP contribution in [0.5, 0.6) is 11.5 Å². The van der Waals surface area contributed by atoms with Crippen LogP contribution >= 0.6 is 0 Å². The fraction of sp³-hybridized carbons (Fsp3) is 0.136. The molecule has 1 amide bonds. The number of fused-ring (bicyclic) bond motifs is 2. The smallest absolute Gasteiger partial charge is 0.252 e. The van der Waals surface area contributed by atoms with Gasteiger partial charge in [-0.1, -0.05) is 54.6 Å². The second-order valence-corrected chi connectivity index (χ2v) is 6.35. The number of ether oxygens (including phenoxy) is 1. The third-order valence-corrected chi connectivity index (χ3v) is 4.66. The lowest BCUT2D eigenvalue weighted by atomic mass is 9.92. The number of para-hydroxylation sites is 2. The molecule has 3 nitrogen and oxygen atoms in total. The summed E-state index contributed by atoms with van der Waals surface area (Å²) < 4.78 is 6.10. The molecule has 0 saturated heterocycles. The van der Waals surface area contributed by atoms with Crippen LogP contribution in [-0.4, -0.2) is 5.91 Å². The molecule has 4 rings (SSSR count). The van der Waals surface area contributed by atoms with Crippen LogP contribution in [0.25, 0.3) is 0 Å². The zero-order valence-corrected chi connectivity index (χ0v) is 14.2. The van der Waals surface area contributed by atoms with Crippen LogP contribution in [0.4, 0.5) is 0 Å². The lowest BCUT2D eigenvalue weighted by molar-refractivity contribution is 0.0941. The quantitative estimate of drug-likeness (QED) is 0.724. The zero-order valence-electron chi connectivity index (χ0n) is 14.2. The molecule has 1 heterocycles. The predicted molar refractivity (Wildman–Crippen MR) is 98.2 cm³/mol. The molecule has 1 aliphatic heterocycles. The lowest BCUT2D eigenvalue weighted by Crippen LogP contribution is -2.31. The Morgan fingerprint density at radius 3 is 2.36 bits per heavy atom. The number of hydrogen-bond donors (Lipinski definition) is 1. The van der Waals surface area contributed by atoms with Crippen molar-refractivity contribution in [3.8, 4) is 11.5 Å². The van der Waals surface area contributed by atoms with E-state index in [-0.39, 0.29) is 11.9 Å². The summed E-state index contributed by atoms with van der Waals surface area (Å²) >= 11 is 0. The third kappa shape index (κ3) is 2.68. The second-order valence-electron chi connectivity index (χ2n) is 6.35. The minimum Gasteiger partial charge on any atom is -0.456 e. The summed E-state index contributed by atoms with van der Waals surface area (Å²) in [5, 5.41) is 3.20. The van der Waals surface area contributed by atoms with E-state index >= 15 is 0 Å². The first-order chi connectivity index (χ1) is 12.1. The molecular formula is C22H19NO2. The highest BCUT2D eigenvalue weighted by Crippen LogP contribution is 2.44. The summed E-state index contributed by atoms with van der Waals surface area (Å²) in [7, 11) is 0. The lowest BCUT2D eigenvalue weighted by Gasteiger charge is -2.30. The minimum atomic E-state index is -0.230. The van der Waals surface area contributed by atoms with Gasteiger partial charge < -0.3 is 10.1 Å². The van der Waals surface area contributed by atoms with Gasteiger partial charge in [0, 0.05) is 16.7 Å². The van der Waals surface area contributed by atoms with Gasteiger partial charge in [0.25, 0.3) is 5.91 Å². The van der Waals surface area contributed by atoms with E-state index in [1.54, 1.807) is 0 Å². The molecule has 0 spiro atoms. The van der Waals surface area contributed by atoms with E-state index in [2.05, 4.69) is 5.32 Å². The monoisotopic (exact) mass is 329 g/mol. The van der Waals surface area contributed by atoms with Crippen molar-refractivity contribution < 1.29 is 9.53 Å². The van der Waals surface area contributed by atoms with Crippen LogP contribution in [0, 0.1) is 13.8 Å². The molecule has 0 radical (unpaired) electrons. The highest BCUT2D eigenvalue weighted by Gasteiger charge is 2.29. The maximum Gasteiger partial charge on any atom is 0.252 e. The SMILES string of the molecule is Cc1ccccc1C(=O)NC1c2ccccc2Oc2c(C)cccc21. The van der Waals surface area contributed by atoms with Gasteiger partial charge in [0.15, 0.2) is 0 Å². The number of carbonyl (C=O) groups excluding carboxylic acids is 1. The van der Waals surface area contributed by atoms with Gasteiger partial charge in [0.2, 0.25) is 0 Å². The topological polar surface area (TPSA) is 38.3 Å². The highest BCUT2D eigenvalue weighted by atomic mass is 16.5. The van der Waals surface area contributed by atoms with Crippen LogP contribution < -0.4 is 10.1 Å². The number of nitrogens with one attached hydrogen (secondary N) is 1. The molecule has 0 aliphatic carbocycles. The summed E-state index contributed by atoms with van der Waals surface area (Å²) in [5.74, 6) is 1.54. The summed E-state index contributed by atoms with van der Waals surface area (Å²) in [4.78, 5) is 12.9. The van der Waals surface area contributed by atoms with Gasteiger partial charge >= 0.3 is 0 Å². The molecule has 25 heavy (non-hydrogen) atoms. The first kappa shape index (κ1) is 15.5. The van der Waals surface area contributed by atoms with Crippen molar-refractivity contribution in [2.45, 2.75) is 19.9 Å². The van der Waals surface area contributed by atoms with Gasteiger partial charge in [-0.25, -0.2) is 0 Å². The van der Waals surface area contributed by atoms with Crippen LogP contribution in [0.15, 0.2) is 66.7 Å². The van der Waals surface area contributed by atoms with Crippen molar-refractivity contribution in [1.29, 1.82) is 0 Å². The normalized spacial score (nSPS) is 14.9. The van der Waals surface area contributed by atoms with Crippen LogP contribution in [0.2, 0.25) is 0 Å². The number of aryl methyl sites for hydroxylation is 2. The molecule has 0 saturated carbocycles. The average molecular weight is 329 g/mol. The minimum absolute atomic E-state index is 0.0766.